The summed E-state index contributed by atoms with van der Waals surface area (Å²) in [5, 5.41) is 0. The molecule has 0 amide bonds. The normalized spacial score (nSPS) is 35.9. The minimum Gasteiger partial charge on any atom is -0.374 e. The Hall–Kier alpha value is -0.370. The van der Waals surface area contributed by atoms with E-state index in [4.69, 9.17) is 4.74 Å². The second kappa shape index (κ2) is 3.79. The standard InChI is InChI=1S/C11H18O2/c1-8-3-2-4-10(5-8)13-11-6-9(12)7-11/h8,10-11H,2-7H2,1H3. The van der Waals surface area contributed by atoms with Crippen molar-refractivity contribution in [3.05, 3.63) is 0 Å². The lowest BCUT2D eigenvalue weighted by Gasteiger charge is -2.33. The van der Waals surface area contributed by atoms with Gasteiger partial charge >= 0.3 is 0 Å². The van der Waals surface area contributed by atoms with Crippen LogP contribution in [0.2, 0.25) is 0 Å². The van der Waals surface area contributed by atoms with Crippen LogP contribution in [0.1, 0.15) is 45.4 Å². The predicted molar refractivity (Wildman–Crippen MR) is 50.5 cm³/mol. The summed E-state index contributed by atoms with van der Waals surface area (Å²) in [6.07, 6.45) is 7.11. The minimum absolute atomic E-state index is 0.266. The third kappa shape index (κ3) is 2.31. The molecule has 0 radical (unpaired) electrons. The van der Waals surface area contributed by atoms with Crippen LogP contribution in [-0.4, -0.2) is 18.0 Å². The first-order valence-electron chi connectivity index (χ1n) is 5.41. The zero-order valence-electron chi connectivity index (χ0n) is 8.29. The average Bonchev–Trinajstić information content (AvgIpc) is 2.01. The van der Waals surface area contributed by atoms with Gasteiger partial charge in [-0.15, -0.1) is 0 Å². The summed E-state index contributed by atoms with van der Waals surface area (Å²) in [6, 6.07) is 0. The van der Waals surface area contributed by atoms with Gasteiger partial charge in [0.2, 0.25) is 0 Å². The van der Waals surface area contributed by atoms with E-state index >= 15 is 0 Å². The Balaban J connectivity index is 1.72. The third-order valence-corrected chi connectivity index (χ3v) is 3.18. The lowest BCUT2D eigenvalue weighted by atomic mass is 9.87. The van der Waals surface area contributed by atoms with Gasteiger partial charge in [-0.1, -0.05) is 19.8 Å². The monoisotopic (exact) mass is 182 g/mol. The lowest BCUT2D eigenvalue weighted by Crippen LogP contribution is -2.36. The van der Waals surface area contributed by atoms with Crippen molar-refractivity contribution in [2.24, 2.45) is 5.92 Å². The van der Waals surface area contributed by atoms with Crippen molar-refractivity contribution >= 4 is 5.78 Å². The number of carbonyl (C=O) groups excluding carboxylic acids is 1. The molecule has 0 bridgehead atoms. The first-order valence-corrected chi connectivity index (χ1v) is 5.41. The Morgan fingerprint density at radius 2 is 2.00 bits per heavy atom. The number of ketones is 1. The summed E-state index contributed by atoms with van der Waals surface area (Å²) >= 11 is 0. The molecule has 2 unspecified atom stereocenters. The average molecular weight is 182 g/mol. The highest BCUT2D eigenvalue weighted by Crippen LogP contribution is 2.29. The van der Waals surface area contributed by atoms with Gasteiger partial charge in [-0.3, -0.25) is 4.79 Å². The molecule has 0 spiro atoms. The zero-order valence-corrected chi connectivity index (χ0v) is 8.29. The molecule has 0 aliphatic heterocycles. The van der Waals surface area contributed by atoms with Crippen molar-refractivity contribution in [2.45, 2.75) is 57.7 Å². The maximum Gasteiger partial charge on any atom is 0.138 e. The zero-order chi connectivity index (χ0) is 9.26. The molecule has 2 atom stereocenters. The molecule has 74 valence electrons. The third-order valence-electron chi connectivity index (χ3n) is 3.18. The molecule has 2 heteroatoms. The minimum atomic E-state index is 0.266. The van der Waals surface area contributed by atoms with E-state index in [1.165, 1.54) is 25.7 Å². The molecule has 0 N–H and O–H groups in total. The van der Waals surface area contributed by atoms with Crippen LogP contribution >= 0.6 is 0 Å². The van der Waals surface area contributed by atoms with E-state index in [-0.39, 0.29) is 6.10 Å². The van der Waals surface area contributed by atoms with Crippen molar-refractivity contribution < 1.29 is 9.53 Å². The molecular weight excluding hydrogens is 164 g/mol. The van der Waals surface area contributed by atoms with Crippen molar-refractivity contribution in [3.63, 3.8) is 0 Å². The maximum absolute atomic E-state index is 10.7. The fourth-order valence-electron chi connectivity index (χ4n) is 2.32. The molecule has 0 aromatic heterocycles. The Morgan fingerprint density at radius 1 is 1.23 bits per heavy atom. The van der Waals surface area contributed by atoms with Gasteiger partial charge in [-0.2, -0.15) is 0 Å². The summed E-state index contributed by atoms with van der Waals surface area (Å²) in [4.78, 5) is 10.7. The van der Waals surface area contributed by atoms with Crippen LogP contribution < -0.4 is 0 Å². The second-order valence-electron chi connectivity index (χ2n) is 4.60. The molecule has 0 saturated heterocycles. The number of rotatable bonds is 2. The molecule has 2 fully saturated rings. The largest absolute Gasteiger partial charge is 0.374 e. The fourth-order valence-corrected chi connectivity index (χ4v) is 2.32. The van der Waals surface area contributed by atoms with Crippen LogP contribution in [-0.2, 0) is 9.53 Å². The highest BCUT2D eigenvalue weighted by Gasteiger charge is 2.31. The summed E-state index contributed by atoms with van der Waals surface area (Å²) in [6.45, 7) is 2.29. The molecular formula is C11H18O2. The van der Waals surface area contributed by atoms with Crippen LogP contribution in [0.3, 0.4) is 0 Å². The Morgan fingerprint density at radius 3 is 2.62 bits per heavy atom. The molecule has 0 heterocycles. The van der Waals surface area contributed by atoms with E-state index in [0.29, 0.717) is 24.7 Å². The highest BCUT2D eigenvalue weighted by atomic mass is 16.5. The van der Waals surface area contributed by atoms with Crippen LogP contribution in [0.25, 0.3) is 0 Å². The van der Waals surface area contributed by atoms with Gasteiger partial charge in [0.25, 0.3) is 0 Å². The van der Waals surface area contributed by atoms with Gasteiger partial charge in [-0.05, 0) is 18.8 Å². The molecule has 2 rings (SSSR count). The van der Waals surface area contributed by atoms with E-state index in [1.807, 2.05) is 0 Å². The van der Waals surface area contributed by atoms with E-state index < -0.39 is 0 Å². The lowest BCUT2D eigenvalue weighted by molar-refractivity contribution is -0.140. The van der Waals surface area contributed by atoms with Gasteiger partial charge < -0.3 is 4.74 Å². The van der Waals surface area contributed by atoms with Crippen LogP contribution in [0.4, 0.5) is 0 Å². The highest BCUT2D eigenvalue weighted by molar-refractivity contribution is 5.85. The van der Waals surface area contributed by atoms with Crippen molar-refractivity contribution in [1.82, 2.24) is 0 Å². The second-order valence-corrected chi connectivity index (χ2v) is 4.60. The Kier molecular flexibility index (Phi) is 2.68. The van der Waals surface area contributed by atoms with E-state index in [2.05, 4.69) is 6.92 Å². The molecule has 2 aliphatic rings. The number of Topliss-reactive ketones (excluding diaryl/α,β-unsaturated/α-hetero) is 1. The van der Waals surface area contributed by atoms with Crippen LogP contribution in [0.15, 0.2) is 0 Å². The van der Waals surface area contributed by atoms with Gasteiger partial charge in [-0.25, -0.2) is 0 Å². The number of hydrogen-bond acceptors (Lipinski definition) is 2. The molecule has 2 aliphatic carbocycles. The summed E-state index contributed by atoms with van der Waals surface area (Å²) in [7, 11) is 0. The number of carbonyl (C=O) groups is 1. The topological polar surface area (TPSA) is 26.3 Å². The quantitative estimate of drug-likeness (QED) is 0.655. The maximum atomic E-state index is 10.7. The molecule has 13 heavy (non-hydrogen) atoms. The number of ether oxygens (including phenoxy) is 1. The molecule has 0 aromatic rings. The van der Waals surface area contributed by atoms with Crippen molar-refractivity contribution in [1.29, 1.82) is 0 Å². The van der Waals surface area contributed by atoms with Gasteiger partial charge in [0.15, 0.2) is 0 Å². The smallest absolute Gasteiger partial charge is 0.138 e. The molecule has 2 saturated carbocycles. The Labute approximate surface area is 79.7 Å². The predicted octanol–water partition coefficient (Wildman–Crippen LogP) is 2.31. The fraction of sp³-hybridized carbons (Fsp3) is 0.909. The molecule has 0 aromatic carbocycles. The van der Waals surface area contributed by atoms with Gasteiger partial charge in [0.05, 0.1) is 12.2 Å². The Bertz CT molecular complexity index is 192. The van der Waals surface area contributed by atoms with E-state index in [0.717, 1.165) is 5.92 Å². The van der Waals surface area contributed by atoms with Gasteiger partial charge in [0, 0.05) is 12.8 Å². The summed E-state index contributed by atoms with van der Waals surface area (Å²) in [5.41, 5.74) is 0. The summed E-state index contributed by atoms with van der Waals surface area (Å²) < 4.78 is 5.85. The summed E-state index contributed by atoms with van der Waals surface area (Å²) in [5.74, 6) is 1.18. The first kappa shape index (κ1) is 9.20. The van der Waals surface area contributed by atoms with E-state index in [9.17, 15) is 4.79 Å². The van der Waals surface area contributed by atoms with Crippen molar-refractivity contribution in [3.8, 4) is 0 Å². The first-order chi connectivity index (χ1) is 6.24. The molecule has 2 nitrogen and oxygen atoms in total. The van der Waals surface area contributed by atoms with Crippen LogP contribution in [0.5, 0.6) is 0 Å². The number of hydrogen-bond donors (Lipinski definition) is 0. The van der Waals surface area contributed by atoms with Crippen molar-refractivity contribution in [2.75, 3.05) is 0 Å². The van der Waals surface area contributed by atoms with E-state index in [1.54, 1.807) is 0 Å². The SMILES string of the molecule is CC1CCCC(OC2CC(=O)C2)C1. The van der Waals surface area contributed by atoms with Gasteiger partial charge in [0.1, 0.15) is 5.78 Å². The van der Waals surface area contributed by atoms with Crippen LogP contribution in [0, 0.1) is 5.92 Å².